The second-order valence-corrected chi connectivity index (χ2v) is 6.61. The summed E-state index contributed by atoms with van der Waals surface area (Å²) < 4.78 is 13.3. The van der Waals surface area contributed by atoms with Crippen LogP contribution in [0.15, 0.2) is 26.7 Å². The molecule has 0 fully saturated rings. The van der Waals surface area contributed by atoms with Crippen molar-refractivity contribution < 1.29 is 9.05 Å². The molecule has 0 saturated carbocycles. The Hall–Kier alpha value is -0.680. The van der Waals surface area contributed by atoms with E-state index >= 15 is 0 Å². The first kappa shape index (κ1) is 13.7. The molecule has 1 atom stereocenters. The van der Waals surface area contributed by atoms with Crippen molar-refractivity contribution in [2.24, 2.45) is 5.16 Å². The number of nitrogens with zero attached hydrogens (tertiary/aromatic N) is 1. The van der Waals surface area contributed by atoms with Crippen molar-refractivity contribution in [3.8, 4) is 0 Å². The summed E-state index contributed by atoms with van der Waals surface area (Å²) in [5.74, 6) is 0.683. The molecule has 5 heteroatoms. The Bertz CT molecular complexity index is 514. The molecule has 0 amide bonds. The molecule has 0 spiro atoms. The van der Waals surface area contributed by atoms with E-state index in [0.29, 0.717) is 12.4 Å². The van der Waals surface area contributed by atoms with Crippen molar-refractivity contribution in [3.63, 3.8) is 0 Å². The van der Waals surface area contributed by atoms with Gasteiger partial charge in [0.2, 0.25) is 0 Å². The minimum absolute atomic E-state index is 0.612. The van der Waals surface area contributed by atoms with Crippen LogP contribution in [0.5, 0.6) is 0 Å². The Morgan fingerprint density at radius 1 is 1.50 bits per heavy atom. The summed E-state index contributed by atoms with van der Waals surface area (Å²) in [7, 11) is -0.967. The van der Waals surface area contributed by atoms with Gasteiger partial charge < -0.3 is 4.84 Å². The van der Waals surface area contributed by atoms with Crippen molar-refractivity contribution in [3.05, 3.63) is 27.7 Å². The summed E-state index contributed by atoms with van der Waals surface area (Å²) in [6.07, 6.45) is 1.69. The lowest BCUT2D eigenvalue weighted by atomic mass is 10.0. The third-order valence-electron chi connectivity index (χ3n) is 2.89. The van der Waals surface area contributed by atoms with Gasteiger partial charge in [0.25, 0.3) is 0 Å². The zero-order valence-electron chi connectivity index (χ0n) is 10.5. The van der Waals surface area contributed by atoms with Crippen LogP contribution in [0.25, 0.3) is 0 Å². The minimum Gasteiger partial charge on any atom is -0.395 e. The fraction of sp³-hybridized carbons (Fsp3) is 0.462. The fourth-order valence-electron chi connectivity index (χ4n) is 1.99. The minimum atomic E-state index is -0.967. The molecule has 18 heavy (non-hydrogen) atoms. The normalized spacial score (nSPS) is 16.3. The van der Waals surface area contributed by atoms with Crippen molar-refractivity contribution >= 4 is 32.4 Å². The van der Waals surface area contributed by atoms with Crippen LogP contribution in [-0.4, -0.2) is 22.3 Å². The first-order valence-corrected chi connectivity index (χ1v) is 8.13. The summed E-state index contributed by atoms with van der Waals surface area (Å²) in [5.41, 5.74) is 2.99. The number of rotatable bonds is 4. The second-order valence-electron chi connectivity index (χ2n) is 4.22. The lowest BCUT2D eigenvalue weighted by molar-refractivity contribution is 0.174. The number of benzene rings is 1. The molecule has 0 N–H and O–H groups in total. The standard InChI is InChI=1S/C13H16BrNO2S/c1-3-8-18(16)12-5-4-10(14)9(2)13(12)11-6-7-17-15-11/h4-5H,3,6-8H2,1-2H3. The number of hydrogen-bond donors (Lipinski definition) is 0. The van der Waals surface area contributed by atoms with Gasteiger partial charge in [-0.15, -0.1) is 0 Å². The smallest absolute Gasteiger partial charge is 0.122 e. The Morgan fingerprint density at radius 3 is 2.89 bits per heavy atom. The zero-order valence-corrected chi connectivity index (χ0v) is 12.9. The van der Waals surface area contributed by atoms with Gasteiger partial charge in [0.15, 0.2) is 0 Å². The summed E-state index contributed by atoms with van der Waals surface area (Å²) >= 11 is 3.52. The molecule has 0 aromatic heterocycles. The molecule has 1 aromatic rings. The predicted octanol–water partition coefficient (Wildman–Crippen LogP) is 3.40. The number of halogens is 1. The van der Waals surface area contributed by atoms with Gasteiger partial charge in [-0.2, -0.15) is 0 Å². The highest BCUT2D eigenvalue weighted by molar-refractivity contribution is 9.10. The van der Waals surface area contributed by atoms with E-state index in [2.05, 4.69) is 21.1 Å². The van der Waals surface area contributed by atoms with Gasteiger partial charge in [0.05, 0.1) is 16.5 Å². The van der Waals surface area contributed by atoms with Crippen molar-refractivity contribution in [1.29, 1.82) is 0 Å². The summed E-state index contributed by atoms with van der Waals surface area (Å²) in [6, 6.07) is 3.89. The van der Waals surface area contributed by atoms with Gasteiger partial charge >= 0.3 is 0 Å². The molecule has 1 heterocycles. The molecular weight excluding hydrogens is 314 g/mol. The Morgan fingerprint density at radius 2 is 2.28 bits per heavy atom. The quantitative estimate of drug-likeness (QED) is 0.849. The average Bonchev–Trinajstić information content (AvgIpc) is 2.86. The van der Waals surface area contributed by atoms with E-state index in [1.165, 1.54) is 0 Å². The maximum Gasteiger partial charge on any atom is 0.122 e. The van der Waals surface area contributed by atoms with Crippen molar-refractivity contribution in [1.82, 2.24) is 0 Å². The summed E-state index contributed by atoms with van der Waals surface area (Å²) in [6.45, 7) is 4.67. The lowest BCUT2D eigenvalue weighted by Gasteiger charge is -2.12. The summed E-state index contributed by atoms with van der Waals surface area (Å²) in [4.78, 5) is 5.95. The van der Waals surface area contributed by atoms with Crippen LogP contribution in [0.4, 0.5) is 0 Å². The highest BCUT2D eigenvalue weighted by Crippen LogP contribution is 2.28. The SMILES string of the molecule is CCCS(=O)c1ccc(Br)c(C)c1C1=NOCC1. The zero-order chi connectivity index (χ0) is 13.1. The molecule has 0 radical (unpaired) electrons. The topological polar surface area (TPSA) is 38.7 Å². The monoisotopic (exact) mass is 329 g/mol. The maximum atomic E-state index is 12.3. The van der Waals surface area contributed by atoms with Gasteiger partial charge in [-0.25, -0.2) is 0 Å². The van der Waals surface area contributed by atoms with Crippen LogP contribution in [0.1, 0.15) is 30.9 Å². The molecule has 0 saturated heterocycles. The Labute approximate surface area is 118 Å². The van der Waals surface area contributed by atoms with Crippen molar-refractivity contribution in [2.45, 2.75) is 31.6 Å². The van der Waals surface area contributed by atoms with E-state index in [9.17, 15) is 4.21 Å². The van der Waals surface area contributed by atoms with E-state index in [1.807, 2.05) is 26.0 Å². The Kier molecular flexibility index (Phi) is 4.56. The molecule has 98 valence electrons. The average molecular weight is 330 g/mol. The van der Waals surface area contributed by atoms with Crippen LogP contribution in [0, 0.1) is 6.92 Å². The van der Waals surface area contributed by atoms with Crippen LogP contribution in [0.3, 0.4) is 0 Å². The summed E-state index contributed by atoms with van der Waals surface area (Å²) in [5, 5.41) is 4.07. The fourth-order valence-corrected chi connectivity index (χ4v) is 3.63. The van der Waals surface area contributed by atoms with Gasteiger partial charge in [0, 0.05) is 27.1 Å². The first-order chi connectivity index (χ1) is 8.65. The van der Waals surface area contributed by atoms with Crippen LogP contribution in [0.2, 0.25) is 0 Å². The van der Waals surface area contributed by atoms with Gasteiger partial charge in [0.1, 0.15) is 6.61 Å². The van der Waals surface area contributed by atoms with Gasteiger partial charge in [-0.1, -0.05) is 28.0 Å². The van der Waals surface area contributed by atoms with E-state index in [1.54, 1.807) is 0 Å². The highest BCUT2D eigenvalue weighted by Gasteiger charge is 2.21. The molecule has 1 aromatic carbocycles. The van der Waals surface area contributed by atoms with Crippen LogP contribution >= 0.6 is 15.9 Å². The predicted molar refractivity (Wildman–Crippen MR) is 77.6 cm³/mol. The van der Waals surface area contributed by atoms with Gasteiger partial charge in [-0.05, 0) is 31.0 Å². The second kappa shape index (κ2) is 5.97. The van der Waals surface area contributed by atoms with E-state index in [-0.39, 0.29) is 0 Å². The van der Waals surface area contributed by atoms with E-state index in [0.717, 1.165) is 39.0 Å². The third kappa shape index (κ3) is 2.67. The highest BCUT2D eigenvalue weighted by atomic mass is 79.9. The largest absolute Gasteiger partial charge is 0.395 e. The van der Waals surface area contributed by atoms with Crippen LogP contribution < -0.4 is 0 Å². The molecule has 0 aliphatic carbocycles. The molecule has 1 aliphatic heterocycles. The molecule has 1 unspecified atom stereocenters. The number of oxime groups is 1. The molecule has 2 rings (SSSR count). The molecule has 1 aliphatic rings. The lowest BCUT2D eigenvalue weighted by Crippen LogP contribution is -2.09. The maximum absolute atomic E-state index is 12.3. The third-order valence-corrected chi connectivity index (χ3v) is 5.36. The van der Waals surface area contributed by atoms with Gasteiger partial charge in [-0.3, -0.25) is 4.21 Å². The van der Waals surface area contributed by atoms with Crippen LogP contribution in [-0.2, 0) is 15.6 Å². The van der Waals surface area contributed by atoms with E-state index in [4.69, 9.17) is 4.84 Å². The molecule has 3 nitrogen and oxygen atoms in total. The number of hydrogen-bond acceptors (Lipinski definition) is 3. The Balaban J connectivity index is 2.52. The molecule has 0 bridgehead atoms. The van der Waals surface area contributed by atoms with Crippen molar-refractivity contribution in [2.75, 3.05) is 12.4 Å². The first-order valence-electron chi connectivity index (χ1n) is 6.01. The van der Waals surface area contributed by atoms with E-state index < -0.39 is 10.8 Å². The molecular formula is C13H16BrNO2S.